The van der Waals surface area contributed by atoms with Gasteiger partial charge in [-0.05, 0) is 29.8 Å². The Balaban J connectivity index is 1.30. The Labute approximate surface area is 224 Å². The number of carbonyl (C=O) groups excluding carboxylic acids is 1. The number of amides is 2. The molecule has 2 amide bonds. The monoisotopic (exact) mass is 551 g/mol. The van der Waals surface area contributed by atoms with Crippen LogP contribution in [-0.2, 0) is 17.8 Å². The molecule has 1 saturated heterocycles. The van der Waals surface area contributed by atoms with E-state index in [0.29, 0.717) is 51.2 Å². The fraction of sp³-hybridized carbons (Fsp3) is 0.296. The zero-order valence-corrected chi connectivity index (χ0v) is 21.2. The van der Waals surface area contributed by atoms with E-state index in [1.165, 1.54) is 17.0 Å². The summed E-state index contributed by atoms with van der Waals surface area (Å²) in [5.41, 5.74) is 3.61. The molecule has 2 aliphatic heterocycles. The maximum atomic E-state index is 15.0. The minimum Gasteiger partial charge on any atom is -0.373 e. The maximum absolute atomic E-state index is 15.0. The number of pyridine rings is 1. The van der Waals surface area contributed by atoms with E-state index in [4.69, 9.17) is 4.74 Å². The van der Waals surface area contributed by atoms with Crippen molar-refractivity contribution in [2.45, 2.75) is 19.0 Å². The van der Waals surface area contributed by atoms with Gasteiger partial charge in [0.05, 0.1) is 41.8 Å². The Bertz CT molecular complexity index is 1840. The number of nitrogens with zero attached hydrogens (tertiary/aromatic N) is 5. The van der Waals surface area contributed by atoms with Crippen molar-refractivity contribution in [3.63, 3.8) is 0 Å². The number of ether oxygens (including phenoxy) is 1. The first-order valence-corrected chi connectivity index (χ1v) is 12.8. The van der Waals surface area contributed by atoms with Crippen LogP contribution in [0.25, 0.3) is 39.1 Å². The van der Waals surface area contributed by atoms with Crippen LogP contribution in [0.5, 0.6) is 0 Å². The van der Waals surface area contributed by atoms with Crippen molar-refractivity contribution in [3.05, 3.63) is 70.7 Å². The smallest absolute Gasteiger partial charge is 0.320 e. The molecule has 0 radical (unpaired) electrons. The molecule has 1 aromatic carbocycles. The molecular weight excluding hydrogens is 527 g/mol. The number of H-pyrrole nitrogens is 2. The third-order valence-corrected chi connectivity index (χ3v) is 7.49. The highest BCUT2D eigenvalue weighted by Gasteiger charge is 2.38. The van der Waals surface area contributed by atoms with Crippen molar-refractivity contribution < 1.29 is 22.7 Å². The molecule has 5 aromatic rings. The molecule has 0 aliphatic carbocycles. The van der Waals surface area contributed by atoms with Crippen LogP contribution in [-0.4, -0.2) is 78.8 Å². The summed E-state index contributed by atoms with van der Waals surface area (Å²) in [4.78, 5) is 33.3. The van der Waals surface area contributed by atoms with Gasteiger partial charge in [0.2, 0.25) is 0 Å². The topological polar surface area (TPSA) is 104 Å². The predicted octanol–water partition coefficient (Wildman–Crippen LogP) is 3.68. The van der Waals surface area contributed by atoms with Gasteiger partial charge in [-0.2, -0.15) is 0 Å². The third kappa shape index (κ3) is 3.96. The van der Waals surface area contributed by atoms with E-state index in [9.17, 15) is 18.4 Å². The molecule has 6 heterocycles. The van der Waals surface area contributed by atoms with Crippen LogP contribution in [0.4, 0.5) is 18.0 Å². The first kappa shape index (κ1) is 24.5. The summed E-state index contributed by atoms with van der Waals surface area (Å²) in [6.45, 7) is -0.771. The Morgan fingerprint density at radius 2 is 1.98 bits per heavy atom. The van der Waals surface area contributed by atoms with Gasteiger partial charge in [-0.1, -0.05) is 6.07 Å². The van der Waals surface area contributed by atoms with E-state index in [-0.39, 0.29) is 31.8 Å². The summed E-state index contributed by atoms with van der Waals surface area (Å²) < 4.78 is 52.0. The van der Waals surface area contributed by atoms with Gasteiger partial charge in [0, 0.05) is 49.5 Å². The average Bonchev–Trinajstić information content (AvgIpc) is 3.54. The summed E-state index contributed by atoms with van der Waals surface area (Å²) in [5, 5.41) is 6.18. The summed E-state index contributed by atoms with van der Waals surface area (Å²) in [5.74, 6) is -3.66. The Kier molecular flexibility index (Phi) is 5.52. The highest BCUT2D eigenvalue weighted by atomic mass is 19.3. The molecule has 0 unspecified atom stereocenters. The number of aromatic amines is 2. The number of nitrogens with one attached hydrogen (secondary N) is 2. The number of imidazole rings is 1. The predicted molar refractivity (Wildman–Crippen MR) is 140 cm³/mol. The average molecular weight is 552 g/mol. The molecule has 0 atom stereocenters. The number of hydrogen-bond acceptors (Lipinski definition) is 4. The van der Waals surface area contributed by atoms with Crippen molar-refractivity contribution in [2.24, 2.45) is 0 Å². The first-order valence-electron chi connectivity index (χ1n) is 12.8. The fourth-order valence-electron chi connectivity index (χ4n) is 5.75. The number of rotatable bonds is 2. The molecule has 0 saturated carbocycles. The van der Waals surface area contributed by atoms with E-state index >= 15 is 4.39 Å². The maximum Gasteiger partial charge on any atom is 0.320 e. The number of urea groups is 1. The lowest BCUT2D eigenvalue weighted by atomic mass is 10.0. The van der Waals surface area contributed by atoms with E-state index in [1.807, 2.05) is 35.2 Å². The van der Waals surface area contributed by atoms with Crippen LogP contribution < -0.4 is 5.56 Å². The zero-order chi connectivity index (χ0) is 27.6. The van der Waals surface area contributed by atoms with Crippen LogP contribution in [0.2, 0.25) is 0 Å². The van der Waals surface area contributed by atoms with Gasteiger partial charge in [-0.15, -0.1) is 0 Å². The molecule has 1 fully saturated rings. The van der Waals surface area contributed by atoms with Gasteiger partial charge in [0.25, 0.3) is 11.5 Å². The SMILES string of the molecule is O=C(N1CCn2cc(-c3[nH][nH]c(=O)c3-c3cnc4ccccn34)c3cc(F)cc(c32)C1)N1CCOCC(F)(F)C1. The van der Waals surface area contributed by atoms with Crippen molar-refractivity contribution >= 4 is 22.6 Å². The molecule has 10 nitrogen and oxygen atoms in total. The van der Waals surface area contributed by atoms with Gasteiger partial charge >= 0.3 is 6.03 Å². The second-order valence-corrected chi connectivity index (χ2v) is 10.1. The first-order chi connectivity index (χ1) is 19.3. The van der Waals surface area contributed by atoms with Gasteiger partial charge < -0.3 is 19.1 Å². The number of aromatic nitrogens is 5. The number of hydrogen-bond donors (Lipinski definition) is 2. The third-order valence-electron chi connectivity index (χ3n) is 7.49. The van der Waals surface area contributed by atoms with Crippen molar-refractivity contribution in [3.8, 4) is 22.5 Å². The summed E-state index contributed by atoms with van der Waals surface area (Å²) in [7, 11) is 0. The molecule has 13 heteroatoms. The largest absolute Gasteiger partial charge is 0.373 e. The Morgan fingerprint density at radius 3 is 2.85 bits per heavy atom. The highest BCUT2D eigenvalue weighted by Crippen LogP contribution is 2.37. The molecule has 7 rings (SSSR count). The van der Waals surface area contributed by atoms with Crippen LogP contribution in [0, 0.1) is 5.82 Å². The van der Waals surface area contributed by atoms with E-state index in [2.05, 4.69) is 15.2 Å². The second kappa shape index (κ2) is 9.01. The van der Waals surface area contributed by atoms with Gasteiger partial charge in [0.1, 0.15) is 18.1 Å². The minimum atomic E-state index is -3.14. The molecule has 4 aromatic heterocycles. The standard InChI is InChI=1S/C27H24F3N7O3/c28-17-9-16-12-35(26(39)36-7-8-40-15-27(29,30)14-36)6-5-34-13-19(18(10-17)24(16)34)23-22(25(38)33-32-23)20-11-31-21-3-1-2-4-37(20)21/h1-4,9-11,13H,5-8,12,14-15H2,(H2,32,33,38). The van der Waals surface area contributed by atoms with Gasteiger partial charge in [-0.25, -0.2) is 22.9 Å². The second-order valence-electron chi connectivity index (χ2n) is 10.1. The van der Waals surface area contributed by atoms with Crippen molar-refractivity contribution in [1.29, 1.82) is 0 Å². The fourth-order valence-corrected chi connectivity index (χ4v) is 5.75. The molecule has 40 heavy (non-hydrogen) atoms. The summed E-state index contributed by atoms with van der Waals surface area (Å²) in [6, 6.07) is 7.74. The highest BCUT2D eigenvalue weighted by molar-refractivity contribution is 6.00. The van der Waals surface area contributed by atoms with Crippen LogP contribution in [0.3, 0.4) is 0 Å². The number of fused-ring (bicyclic) bond motifs is 1. The lowest BCUT2D eigenvalue weighted by Gasteiger charge is -2.30. The van der Waals surface area contributed by atoms with Crippen molar-refractivity contribution in [2.75, 3.05) is 32.8 Å². The molecule has 2 aliphatic rings. The lowest BCUT2D eigenvalue weighted by Crippen LogP contribution is -2.48. The van der Waals surface area contributed by atoms with E-state index in [1.54, 1.807) is 10.6 Å². The van der Waals surface area contributed by atoms with Crippen LogP contribution in [0.15, 0.2) is 53.7 Å². The minimum absolute atomic E-state index is 0.0203. The molecule has 0 spiro atoms. The molecule has 206 valence electrons. The summed E-state index contributed by atoms with van der Waals surface area (Å²) >= 11 is 0. The molecular formula is C27H24F3N7O3. The van der Waals surface area contributed by atoms with E-state index in [0.717, 1.165) is 4.90 Å². The Morgan fingerprint density at radius 1 is 1.10 bits per heavy atom. The van der Waals surface area contributed by atoms with Crippen molar-refractivity contribution in [1.82, 2.24) is 33.9 Å². The van der Waals surface area contributed by atoms with Gasteiger partial charge in [0.15, 0.2) is 0 Å². The van der Waals surface area contributed by atoms with Crippen LogP contribution >= 0.6 is 0 Å². The molecule has 0 bridgehead atoms. The number of carbonyl (C=O) groups is 1. The van der Waals surface area contributed by atoms with E-state index < -0.39 is 30.9 Å². The quantitative estimate of drug-likeness (QED) is 0.349. The summed E-state index contributed by atoms with van der Waals surface area (Å²) in [6.07, 6.45) is 5.25. The van der Waals surface area contributed by atoms with Crippen LogP contribution in [0.1, 0.15) is 5.56 Å². The lowest BCUT2D eigenvalue weighted by molar-refractivity contribution is -0.0660. The molecule has 2 N–H and O–H groups in total. The Hall–Kier alpha value is -4.52. The van der Waals surface area contributed by atoms with Gasteiger partial charge in [-0.3, -0.25) is 19.4 Å². The normalized spacial score (nSPS) is 17.4. The zero-order valence-electron chi connectivity index (χ0n) is 21.2. The number of benzene rings is 1. The number of halogens is 3. The number of alkyl halides is 2.